The van der Waals surface area contributed by atoms with Crippen LogP contribution in [0.1, 0.15) is 80.6 Å². The van der Waals surface area contributed by atoms with Crippen molar-refractivity contribution in [3.63, 3.8) is 0 Å². The number of carboxylic acid groups (broad SMARTS) is 1. The van der Waals surface area contributed by atoms with Gasteiger partial charge in [-0.3, -0.25) is 4.79 Å². The zero-order valence-electron chi connectivity index (χ0n) is 21.1. The van der Waals surface area contributed by atoms with E-state index in [0.29, 0.717) is 12.3 Å². The number of hydrogen-bond donors (Lipinski definition) is 1. The highest BCUT2D eigenvalue weighted by molar-refractivity contribution is 6.74. The molecule has 0 spiro atoms. The van der Waals surface area contributed by atoms with E-state index in [2.05, 4.69) is 54.6 Å². The lowest BCUT2D eigenvalue weighted by molar-refractivity contribution is -0.166. The number of carbonyl (C=O) groups is 1. The highest BCUT2D eigenvalue weighted by Crippen LogP contribution is 2.54. The molecule has 0 radical (unpaired) electrons. The van der Waals surface area contributed by atoms with Gasteiger partial charge >= 0.3 is 5.97 Å². The molecule has 0 aromatic heterocycles. The van der Waals surface area contributed by atoms with Crippen LogP contribution in [0.2, 0.25) is 36.3 Å². The first-order valence-corrected chi connectivity index (χ1v) is 17.8. The first kappa shape index (κ1) is 26.1. The normalized spacial score (nSPS) is 33.2. The van der Waals surface area contributed by atoms with Gasteiger partial charge in [0.1, 0.15) is 0 Å². The Labute approximate surface area is 187 Å². The minimum absolute atomic E-state index is 0.0263. The van der Waals surface area contributed by atoms with Gasteiger partial charge in [0.15, 0.2) is 16.6 Å². The Kier molecular flexibility index (Phi) is 8.14. The lowest BCUT2D eigenvalue weighted by atomic mass is 9.56. The first-order valence-electron chi connectivity index (χ1n) is 12.3. The van der Waals surface area contributed by atoms with Crippen LogP contribution >= 0.6 is 0 Å². The summed E-state index contributed by atoms with van der Waals surface area (Å²) in [5, 5.41) is 10.4. The Morgan fingerprint density at radius 3 is 2.10 bits per heavy atom. The molecule has 1 N–H and O–H groups in total. The minimum atomic E-state index is -1.96. The first-order chi connectivity index (χ1) is 13.7. The van der Waals surface area contributed by atoms with Gasteiger partial charge in [0.05, 0.1) is 5.41 Å². The Bertz CT molecular complexity index is 588. The molecule has 5 atom stereocenters. The predicted octanol–water partition coefficient (Wildman–Crippen LogP) is 7.07. The van der Waals surface area contributed by atoms with Gasteiger partial charge in [0.25, 0.3) is 0 Å². The fourth-order valence-electron chi connectivity index (χ4n) is 5.74. The van der Waals surface area contributed by atoms with E-state index in [4.69, 9.17) is 8.85 Å². The number of carboxylic acids is 1. The van der Waals surface area contributed by atoms with E-state index in [1.165, 1.54) is 0 Å². The maximum absolute atomic E-state index is 12.5. The molecule has 176 valence electrons. The second-order valence-electron chi connectivity index (χ2n) is 11.8. The Morgan fingerprint density at radius 2 is 1.63 bits per heavy atom. The van der Waals surface area contributed by atoms with E-state index in [0.717, 1.165) is 43.8 Å². The molecule has 2 rings (SSSR count). The monoisotopic (exact) mass is 456 g/mol. The van der Waals surface area contributed by atoms with Crippen LogP contribution in [-0.4, -0.2) is 39.9 Å². The van der Waals surface area contributed by atoms with Gasteiger partial charge in [-0.2, -0.15) is 0 Å². The van der Waals surface area contributed by atoms with Crippen LogP contribution in [0.4, 0.5) is 0 Å². The topological polar surface area (TPSA) is 55.8 Å². The summed E-state index contributed by atoms with van der Waals surface area (Å²) in [6.07, 6.45) is 5.02. The van der Waals surface area contributed by atoms with E-state index in [-0.39, 0.29) is 23.2 Å². The summed E-state index contributed by atoms with van der Waals surface area (Å²) >= 11 is 0. The molecule has 0 aromatic rings. The van der Waals surface area contributed by atoms with Crippen molar-refractivity contribution in [2.75, 3.05) is 0 Å². The van der Waals surface area contributed by atoms with E-state index in [1.54, 1.807) is 0 Å². The van der Waals surface area contributed by atoms with Crippen LogP contribution < -0.4 is 0 Å². The summed E-state index contributed by atoms with van der Waals surface area (Å²) in [6, 6.07) is 3.44. The standard InChI is InChI=1S/C24H48O4Si2/c1-10-30(11-2,12-3)28-21-15-13-14-20-19(21)16-18(17-24(20,7)22(25)26)27-29(8,9)23(4,5)6/h18-21H,10-17H2,1-9H3,(H,25,26). The van der Waals surface area contributed by atoms with E-state index >= 15 is 0 Å². The Hall–Kier alpha value is -0.176. The van der Waals surface area contributed by atoms with Crippen LogP contribution in [0.15, 0.2) is 0 Å². The highest BCUT2D eigenvalue weighted by atomic mass is 28.4. The zero-order chi connectivity index (χ0) is 23.0. The van der Waals surface area contributed by atoms with Crippen molar-refractivity contribution in [2.24, 2.45) is 17.3 Å². The van der Waals surface area contributed by atoms with Gasteiger partial charge in [-0.1, -0.05) is 48.0 Å². The highest BCUT2D eigenvalue weighted by Gasteiger charge is 2.56. The molecule has 2 saturated carbocycles. The van der Waals surface area contributed by atoms with Gasteiger partial charge < -0.3 is 14.0 Å². The third kappa shape index (κ3) is 5.07. The SMILES string of the molecule is CC[Si](CC)(CC)OC1CCCC2C1CC(O[Si](C)(C)C(C)(C)C)CC2(C)C(=O)O. The summed E-state index contributed by atoms with van der Waals surface area (Å²) in [5.41, 5.74) is -0.715. The summed E-state index contributed by atoms with van der Waals surface area (Å²) < 4.78 is 13.8. The van der Waals surface area contributed by atoms with Crippen molar-refractivity contribution < 1.29 is 18.8 Å². The van der Waals surface area contributed by atoms with Crippen molar-refractivity contribution >= 4 is 22.6 Å². The largest absolute Gasteiger partial charge is 0.481 e. The van der Waals surface area contributed by atoms with Gasteiger partial charge in [-0.25, -0.2) is 0 Å². The molecule has 6 heteroatoms. The molecule has 30 heavy (non-hydrogen) atoms. The molecular formula is C24H48O4Si2. The predicted molar refractivity (Wildman–Crippen MR) is 130 cm³/mol. The lowest BCUT2D eigenvalue weighted by Crippen LogP contribution is -2.57. The molecule has 0 bridgehead atoms. The maximum Gasteiger partial charge on any atom is 0.309 e. The van der Waals surface area contributed by atoms with Crippen LogP contribution in [0, 0.1) is 17.3 Å². The molecule has 0 aliphatic heterocycles. The van der Waals surface area contributed by atoms with Crippen molar-refractivity contribution in [1.29, 1.82) is 0 Å². The average Bonchev–Trinajstić information content (AvgIpc) is 2.65. The number of hydrogen-bond acceptors (Lipinski definition) is 3. The molecule has 0 heterocycles. The second kappa shape index (κ2) is 9.36. The van der Waals surface area contributed by atoms with Gasteiger partial charge in [-0.15, -0.1) is 0 Å². The third-order valence-electron chi connectivity index (χ3n) is 9.09. The Morgan fingerprint density at radius 1 is 1.07 bits per heavy atom. The average molecular weight is 457 g/mol. The number of fused-ring (bicyclic) bond motifs is 1. The summed E-state index contributed by atoms with van der Waals surface area (Å²) in [6.45, 7) is 20.2. The molecule has 0 amide bonds. The molecule has 2 fully saturated rings. The molecule has 2 aliphatic carbocycles. The van der Waals surface area contributed by atoms with Crippen LogP contribution in [-0.2, 0) is 13.6 Å². The van der Waals surface area contributed by atoms with Crippen molar-refractivity contribution in [3.8, 4) is 0 Å². The molecular weight excluding hydrogens is 408 g/mol. The summed E-state index contributed by atoms with van der Waals surface area (Å²) in [4.78, 5) is 12.5. The Balaban J connectivity index is 2.35. The van der Waals surface area contributed by atoms with E-state index in [9.17, 15) is 9.90 Å². The molecule has 4 nitrogen and oxygen atoms in total. The lowest BCUT2D eigenvalue weighted by Gasteiger charge is -2.54. The molecule has 2 aliphatic rings. The molecule has 0 saturated heterocycles. The number of aliphatic carboxylic acids is 1. The fraction of sp³-hybridized carbons (Fsp3) is 0.958. The van der Waals surface area contributed by atoms with Crippen molar-refractivity contribution in [1.82, 2.24) is 0 Å². The molecule has 0 aromatic carbocycles. The fourth-order valence-corrected chi connectivity index (χ4v) is 10.0. The van der Waals surface area contributed by atoms with Gasteiger partial charge in [0.2, 0.25) is 0 Å². The third-order valence-corrected chi connectivity index (χ3v) is 18.3. The summed E-state index contributed by atoms with van der Waals surface area (Å²) in [7, 11) is -3.69. The minimum Gasteiger partial charge on any atom is -0.481 e. The van der Waals surface area contributed by atoms with Crippen LogP contribution in [0.3, 0.4) is 0 Å². The van der Waals surface area contributed by atoms with Gasteiger partial charge in [-0.05, 0) is 80.7 Å². The number of rotatable bonds is 8. The smallest absolute Gasteiger partial charge is 0.309 e. The second-order valence-corrected chi connectivity index (χ2v) is 21.2. The summed E-state index contributed by atoms with van der Waals surface area (Å²) in [5.74, 6) is -0.142. The van der Waals surface area contributed by atoms with Crippen molar-refractivity contribution in [2.45, 2.75) is 129 Å². The van der Waals surface area contributed by atoms with Crippen LogP contribution in [0.25, 0.3) is 0 Å². The van der Waals surface area contributed by atoms with Crippen LogP contribution in [0.5, 0.6) is 0 Å². The van der Waals surface area contributed by atoms with E-state index in [1.807, 2.05) is 6.92 Å². The zero-order valence-corrected chi connectivity index (χ0v) is 23.1. The van der Waals surface area contributed by atoms with E-state index < -0.39 is 28.0 Å². The maximum atomic E-state index is 12.5. The van der Waals surface area contributed by atoms with Gasteiger partial charge in [0, 0.05) is 12.2 Å². The van der Waals surface area contributed by atoms with Crippen molar-refractivity contribution in [3.05, 3.63) is 0 Å². The molecule has 5 unspecified atom stereocenters. The quantitative estimate of drug-likeness (QED) is 0.397.